The van der Waals surface area contributed by atoms with Crippen LogP contribution in [0.3, 0.4) is 0 Å². The number of amides is 1. The van der Waals surface area contributed by atoms with E-state index in [0.29, 0.717) is 0 Å². The molecule has 0 bridgehead atoms. The summed E-state index contributed by atoms with van der Waals surface area (Å²) in [7, 11) is 0. The zero-order chi connectivity index (χ0) is 17.3. The van der Waals surface area contributed by atoms with Gasteiger partial charge in [-0.1, -0.05) is 90.0 Å². The van der Waals surface area contributed by atoms with Crippen molar-refractivity contribution in [2.45, 2.75) is 110 Å². The second kappa shape index (κ2) is 15.7. The molecule has 140 valence electrons. The fraction of sp³-hybridized carbons (Fsp3) is 0.864. The Labute approximate surface area is 151 Å². The molecule has 0 unspecified atom stereocenters. The molecule has 0 radical (unpaired) electrons. The molecular formula is C22H41NO. The third-order valence-electron chi connectivity index (χ3n) is 5.15. The molecule has 2 nitrogen and oxygen atoms in total. The molecule has 0 aliphatic carbocycles. The quantitative estimate of drug-likeness (QED) is 0.273. The van der Waals surface area contributed by atoms with E-state index in [2.05, 4.69) is 13.0 Å². The third kappa shape index (κ3) is 11.7. The van der Waals surface area contributed by atoms with Crippen LogP contribution in [0.25, 0.3) is 0 Å². The van der Waals surface area contributed by atoms with E-state index in [1.165, 1.54) is 96.3 Å². The second-order valence-corrected chi connectivity index (χ2v) is 7.47. The van der Waals surface area contributed by atoms with Crippen molar-refractivity contribution in [1.29, 1.82) is 0 Å². The van der Waals surface area contributed by atoms with E-state index < -0.39 is 0 Å². The summed E-state index contributed by atoms with van der Waals surface area (Å²) < 4.78 is 0. The summed E-state index contributed by atoms with van der Waals surface area (Å²) in [6.45, 7) is 4.20. The van der Waals surface area contributed by atoms with Crippen molar-refractivity contribution < 1.29 is 4.79 Å². The van der Waals surface area contributed by atoms with Gasteiger partial charge in [-0.2, -0.15) is 0 Å². The number of allylic oxidation sites excluding steroid dienone is 1. The van der Waals surface area contributed by atoms with Gasteiger partial charge in [-0.25, -0.2) is 0 Å². The van der Waals surface area contributed by atoms with Gasteiger partial charge >= 0.3 is 0 Å². The van der Waals surface area contributed by atoms with Crippen molar-refractivity contribution in [2.24, 2.45) is 0 Å². The lowest BCUT2D eigenvalue weighted by molar-refractivity contribution is -0.126. The summed E-state index contributed by atoms with van der Waals surface area (Å²) in [5, 5.41) is 0. The maximum atomic E-state index is 12.1. The van der Waals surface area contributed by atoms with Gasteiger partial charge in [0.2, 0.25) is 5.91 Å². The Morgan fingerprint density at radius 2 is 1.25 bits per heavy atom. The fourth-order valence-electron chi connectivity index (χ4n) is 3.51. The van der Waals surface area contributed by atoms with E-state index in [-0.39, 0.29) is 5.91 Å². The molecule has 0 saturated carbocycles. The summed E-state index contributed by atoms with van der Waals surface area (Å²) in [4.78, 5) is 14.1. The fourth-order valence-corrected chi connectivity index (χ4v) is 3.51. The second-order valence-electron chi connectivity index (χ2n) is 7.47. The maximum absolute atomic E-state index is 12.1. The average molecular weight is 336 g/mol. The summed E-state index contributed by atoms with van der Waals surface area (Å²) in [5.41, 5.74) is 0. The molecule has 0 N–H and O–H groups in total. The first kappa shape index (κ1) is 21.3. The van der Waals surface area contributed by atoms with E-state index in [1.807, 2.05) is 11.0 Å². The highest BCUT2D eigenvalue weighted by molar-refractivity contribution is 5.87. The van der Waals surface area contributed by atoms with Gasteiger partial charge in [0.15, 0.2) is 0 Å². The molecule has 1 aliphatic heterocycles. The number of unbranched alkanes of at least 4 members (excludes halogenated alkanes) is 11. The van der Waals surface area contributed by atoms with Crippen molar-refractivity contribution in [1.82, 2.24) is 4.90 Å². The van der Waals surface area contributed by atoms with Gasteiger partial charge in [-0.05, 0) is 31.8 Å². The van der Waals surface area contributed by atoms with E-state index in [9.17, 15) is 4.79 Å². The zero-order valence-corrected chi connectivity index (χ0v) is 16.2. The van der Waals surface area contributed by atoms with Gasteiger partial charge in [0, 0.05) is 13.1 Å². The van der Waals surface area contributed by atoms with Crippen LogP contribution in [0.5, 0.6) is 0 Å². The molecule has 1 rings (SSSR count). The lowest BCUT2D eigenvalue weighted by Crippen LogP contribution is -2.30. The molecule has 2 heteroatoms. The van der Waals surface area contributed by atoms with Crippen LogP contribution < -0.4 is 0 Å². The molecule has 0 aromatic rings. The SMILES string of the molecule is CCCCCCCCCCCCCC=CC(=O)N1CCCCCC1. The first-order valence-electron chi connectivity index (χ1n) is 10.8. The van der Waals surface area contributed by atoms with Crippen molar-refractivity contribution in [3.05, 3.63) is 12.2 Å². The van der Waals surface area contributed by atoms with Crippen molar-refractivity contribution in [3.63, 3.8) is 0 Å². The number of carbonyl (C=O) groups excluding carboxylic acids is 1. The van der Waals surface area contributed by atoms with E-state index in [0.717, 1.165) is 19.5 Å². The summed E-state index contributed by atoms with van der Waals surface area (Å²) in [6.07, 6.45) is 25.1. The first-order valence-corrected chi connectivity index (χ1v) is 10.8. The normalized spacial score (nSPS) is 15.8. The molecule has 1 saturated heterocycles. The Kier molecular flexibility index (Phi) is 13.9. The molecule has 0 spiro atoms. The molecule has 1 amide bonds. The summed E-state index contributed by atoms with van der Waals surface area (Å²) in [5.74, 6) is 0.236. The van der Waals surface area contributed by atoms with Crippen LogP contribution in [0.4, 0.5) is 0 Å². The largest absolute Gasteiger partial charge is 0.339 e. The standard InChI is InChI=1S/C22H41NO/c1-2-3-4-5-6-7-8-9-10-11-12-13-16-19-22(24)23-20-17-14-15-18-21-23/h16,19H,2-15,17-18,20-21H2,1H3. The average Bonchev–Trinajstić information content (AvgIpc) is 2.88. The molecule has 0 atom stereocenters. The minimum atomic E-state index is 0.236. The lowest BCUT2D eigenvalue weighted by atomic mass is 10.1. The predicted molar refractivity (Wildman–Crippen MR) is 105 cm³/mol. The Morgan fingerprint density at radius 1 is 0.750 bits per heavy atom. The van der Waals surface area contributed by atoms with Crippen LogP contribution >= 0.6 is 0 Å². The number of hydrogen-bond acceptors (Lipinski definition) is 1. The monoisotopic (exact) mass is 335 g/mol. The molecule has 1 aliphatic rings. The van der Waals surface area contributed by atoms with Gasteiger partial charge in [-0.3, -0.25) is 4.79 Å². The Balaban J connectivity index is 1.88. The predicted octanol–water partition coefficient (Wildman–Crippen LogP) is 6.65. The highest BCUT2D eigenvalue weighted by Gasteiger charge is 2.12. The molecule has 1 fully saturated rings. The smallest absolute Gasteiger partial charge is 0.246 e. The molecule has 0 aromatic heterocycles. The summed E-state index contributed by atoms with van der Waals surface area (Å²) >= 11 is 0. The highest BCUT2D eigenvalue weighted by Crippen LogP contribution is 2.13. The lowest BCUT2D eigenvalue weighted by Gasteiger charge is -2.17. The van der Waals surface area contributed by atoms with E-state index >= 15 is 0 Å². The minimum absolute atomic E-state index is 0.236. The van der Waals surface area contributed by atoms with E-state index in [4.69, 9.17) is 0 Å². The van der Waals surface area contributed by atoms with Crippen LogP contribution in [0.1, 0.15) is 110 Å². The van der Waals surface area contributed by atoms with Crippen molar-refractivity contribution in [2.75, 3.05) is 13.1 Å². The topological polar surface area (TPSA) is 20.3 Å². The van der Waals surface area contributed by atoms with Crippen LogP contribution in [0, 0.1) is 0 Å². The number of hydrogen-bond donors (Lipinski definition) is 0. The van der Waals surface area contributed by atoms with Crippen LogP contribution in [0.15, 0.2) is 12.2 Å². The highest BCUT2D eigenvalue weighted by atomic mass is 16.2. The van der Waals surface area contributed by atoms with E-state index in [1.54, 1.807) is 0 Å². The number of nitrogens with zero attached hydrogens (tertiary/aromatic N) is 1. The van der Waals surface area contributed by atoms with Crippen LogP contribution in [0.2, 0.25) is 0 Å². The number of rotatable bonds is 13. The summed E-state index contributed by atoms with van der Waals surface area (Å²) in [6, 6.07) is 0. The molecule has 24 heavy (non-hydrogen) atoms. The Morgan fingerprint density at radius 3 is 1.79 bits per heavy atom. The van der Waals surface area contributed by atoms with Gasteiger partial charge in [0.05, 0.1) is 0 Å². The molecule has 1 heterocycles. The van der Waals surface area contributed by atoms with Gasteiger partial charge in [0.1, 0.15) is 0 Å². The maximum Gasteiger partial charge on any atom is 0.246 e. The van der Waals surface area contributed by atoms with Gasteiger partial charge < -0.3 is 4.90 Å². The molecule has 0 aromatic carbocycles. The Hall–Kier alpha value is -0.790. The zero-order valence-electron chi connectivity index (χ0n) is 16.2. The van der Waals surface area contributed by atoms with Gasteiger partial charge in [0.25, 0.3) is 0 Å². The number of carbonyl (C=O) groups is 1. The van der Waals surface area contributed by atoms with Crippen LogP contribution in [-0.2, 0) is 4.79 Å². The first-order chi connectivity index (χ1) is 11.8. The van der Waals surface area contributed by atoms with Crippen molar-refractivity contribution in [3.8, 4) is 0 Å². The number of likely N-dealkylation sites (tertiary alicyclic amines) is 1. The minimum Gasteiger partial charge on any atom is -0.339 e. The van der Waals surface area contributed by atoms with Crippen LogP contribution in [-0.4, -0.2) is 23.9 Å². The molecular weight excluding hydrogens is 294 g/mol. The van der Waals surface area contributed by atoms with Crippen molar-refractivity contribution >= 4 is 5.91 Å². The van der Waals surface area contributed by atoms with Gasteiger partial charge in [-0.15, -0.1) is 0 Å². The Bertz CT molecular complexity index is 316. The third-order valence-corrected chi connectivity index (χ3v) is 5.15.